The average Bonchev–Trinajstić information content (AvgIpc) is 2.67. The van der Waals surface area contributed by atoms with Crippen molar-refractivity contribution in [1.29, 1.82) is 0 Å². The highest BCUT2D eigenvalue weighted by atomic mass is 35.5. The van der Waals surface area contributed by atoms with Gasteiger partial charge in [0.05, 0.1) is 6.04 Å². The van der Waals surface area contributed by atoms with Crippen LogP contribution in [-0.4, -0.2) is 24.2 Å². The molecule has 2 aliphatic heterocycles. The van der Waals surface area contributed by atoms with E-state index in [1.807, 2.05) is 30.3 Å². The molecule has 0 saturated heterocycles. The molecule has 2 N–H and O–H groups in total. The van der Waals surface area contributed by atoms with E-state index in [1.165, 1.54) is 0 Å². The average molecular weight is 403 g/mol. The number of carbonyl (C=O) groups is 2. The molecule has 140 valence electrons. The van der Waals surface area contributed by atoms with Gasteiger partial charge in [-0.15, -0.1) is 11.8 Å². The number of rotatable bonds is 4. The van der Waals surface area contributed by atoms with Crippen LogP contribution in [-0.2, 0) is 16.0 Å². The van der Waals surface area contributed by atoms with E-state index in [0.717, 1.165) is 33.9 Å². The molecule has 0 unspecified atom stereocenters. The number of ether oxygens (including phenoxy) is 1. The number of hydrogen-bond donors (Lipinski definition) is 2. The molecule has 0 spiro atoms. The Kier molecular flexibility index (Phi) is 5.27. The number of aryl methyl sites for hydroxylation is 1. The van der Waals surface area contributed by atoms with Crippen LogP contribution in [0.2, 0.25) is 5.02 Å². The highest BCUT2D eigenvalue weighted by Gasteiger charge is 2.23. The molecule has 0 aliphatic carbocycles. The van der Waals surface area contributed by atoms with Crippen molar-refractivity contribution in [2.75, 3.05) is 17.7 Å². The Hall–Kier alpha value is -2.18. The van der Waals surface area contributed by atoms with Gasteiger partial charge in [-0.3, -0.25) is 9.59 Å². The van der Waals surface area contributed by atoms with Gasteiger partial charge in [0.2, 0.25) is 5.91 Å². The molecule has 0 saturated carbocycles. The lowest BCUT2D eigenvalue weighted by Gasteiger charge is -2.26. The molecule has 0 fully saturated rings. The summed E-state index contributed by atoms with van der Waals surface area (Å²) in [6.45, 7) is -0.0509. The zero-order chi connectivity index (χ0) is 18.8. The molecule has 5 nitrogen and oxygen atoms in total. The lowest BCUT2D eigenvalue weighted by molar-refractivity contribution is -0.124. The van der Waals surface area contributed by atoms with E-state index >= 15 is 0 Å². The molecular formula is C20H19ClN2O3S. The second-order valence-corrected chi connectivity index (χ2v) is 8.17. The minimum atomic E-state index is -0.163. The van der Waals surface area contributed by atoms with Gasteiger partial charge in [-0.2, -0.15) is 0 Å². The van der Waals surface area contributed by atoms with E-state index in [1.54, 1.807) is 17.8 Å². The fourth-order valence-electron chi connectivity index (χ4n) is 3.35. The first-order chi connectivity index (χ1) is 13.1. The normalized spacial score (nSPS) is 18.1. The molecule has 27 heavy (non-hydrogen) atoms. The topological polar surface area (TPSA) is 67.4 Å². The number of nitrogens with one attached hydrogen (secondary N) is 2. The van der Waals surface area contributed by atoms with E-state index < -0.39 is 0 Å². The minimum Gasteiger partial charge on any atom is -0.484 e. The highest BCUT2D eigenvalue weighted by Crippen LogP contribution is 2.37. The molecule has 7 heteroatoms. The predicted octanol–water partition coefficient (Wildman–Crippen LogP) is 3.96. The lowest BCUT2D eigenvalue weighted by atomic mass is 10.0. The largest absolute Gasteiger partial charge is 0.484 e. The van der Waals surface area contributed by atoms with Crippen LogP contribution in [0.5, 0.6) is 5.75 Å². The molecule has 2 amide bonds. The second kappa shape index (κ2) is 7.82. The van der Waals surface area contributed by atoms with Gasteiger partial charge < -0.3 is 15.4 Å². The minimum absolute atomic E-state index is 0.0292. The monoisotopic (exact) mass is 402 g/mol. The van der Waals surface area contributed by atoms with Crippen molar-refractivity contribution < 1.29 is 14.3 Å². The molecule has 2 aliphatic rings. The van der Waals surface area contributed by atoms with Crippen molar-refractivity contribution in [3.05, 3.63) is 52.5 Å². The van der Waals surface area contributed by atoms with Crippen LogP contribution in [0.25, 0.3) is 0 Å². The number of carbonyl (C=O) groups excluding carboxylic acids is 2. The third-order valence-corrected chi connectivity index (χ3v) is 6.05. The van der Waals surface area contributed by atoms with E-state index in [9.17, 15) is 9.59 Å². The van der Waals surface area contributed by atoms with Crippen molar-refractivity contribution in [2.24, 2.45) is 0 Å². The van der Waals surface area contributed by atoms with Crippen LogP contribution in [0.3, 0.4) is 0 Å². The van der Waals surface area contributed by atoms with Crippen molar-refractivity contribution >= 4 is 40.9 Å². The van der Waals surface area contributed by atoms with E-state index in [-0.39, 0.29) is 24.5 Å². The molecule has 1 atom stereocenters. The molecule has 0 bridgehead atoms. The number of anilines is 1. The molecular weight excluding hydrogens is 384 g/mol. The first-order valence-corrected chi connectivity index (χ1v) is 10.2. The van der Waals surface area contributed by atoms with Crippen LogP contribution in [0.15, 0.2) is 41.3 Å². The Morgan fingerprint density at radius 2 is 2.15 bits per heavy atom. The van der Waals surface area contributed by atoms with Gasteiger partial charge in [-0.1, -0.05) is 11.6 Å². The summed E-state index contributed by atoms with van der Waals surface area (Å²) >= 11 is 7.89. The van der Waals surface area contributed by atoms with Crippen LogP contribution in [0.4, 0.5) is 5.69 Å². The van der Waals surface area contributed by atoms with E-state index in [0.29, 0.717) is 23.6 Å². The van der Waals surface area contributed by atoms with Crippen LogP contribution in [0, 0.1) is 0 Å². The summed E-state index contributed by atoms with van der Waals surface area (Å²) in [5, 5.41) is 6.56. The Balaban J connectivity index is 1.37. The first kappa shape index (κ1) is 18.2. The van der Waals surface area contributed by atoms with Crippen LogP contribution < -0.4 is 15.4 Å². The fourth-order valence-corrected chi connectivity index (χ4v) is 4.64. The van der Waals surface area contributed by atoms with Crippen LogP contribution in [0.1, 0.15) is 30.0 Å². The summed E-state index contributed by atoms with van der Waals surface area (Å²) in [5.74, 6) is 1.45. The third-order valence-electron chi connectivity index (χ3n) is 4.69. The van der Waals surface area contributed by atoms with Crippen molar-refractivity contribution in [1.82, 2.24) is 5.32 Å². The van der Waals surface area contributed by atoms with E-state index in [2.05, 4.69) is 10.6 Å². The Morgan fingerprint density at radius 3 is 3.04 bits per heavy atom. The van der Waals surface area contributed by atoms with Crippen molar-refractivity contribution in [3.8, 4) is 5.75 Å². The van der Waals surface area contributed by atoms with Gasteiger partial charge in [0, 0.05) is 27.8 Å². The Morgan fingerprint density at radius 1 is 1.26 bits per heavy atom. The maximum Gasteiger partial charge on any atom is 0.258 e. The van der Waals surface area contributed by atoms with E-state index in [4.69, 9.17) is 16.3 Å². The molecule has 2 aromatic carbocycles. The number of amides is 2. The number of benzene rings is 2. The molecule has 4 rings (SSSR count). The summed E-state index contributed by atoms with van der Waals surface area (Å²) in [6.07, 6.45) is 2.02. The fraction of sp³-hybridized carbons (Fsp3) is 0.300. The van der Waals surface area contributed by atoms with Gasteiger partial charge >= 0.3 is 0 Å². The van der Waals surface area contributed by atoms with Crippen molar-refractivity contribution in [2.45, 2.75) is 30.2 Å². The highest BCUT2D eigenvalue weighted by molar-refractivity contribution is 7.99. The summed E-state index contributed by atoms with van der Waals surface area (Å²) in [5.41, 5.74) is 2.91. The second-order valence-electron chi connectivity index (χ2n) is 6.60. The smallest absolute Gasteiger partial charge is 0.258 e. The molecule has 2 aromatic rings. The Bertz CT molecular complexity index is 903. The first-order valence-electron chi connectivity index (χ1n) is 8.86. The van der Waals surface area contributed by atoms with Gasteiger partial charge in [-0.25, -0.2) is 0 Å². The number of halogens is 1. The van der Waals surface area contributed by atoms with Crippen molar-refractivity contribution in [3.63, 3.8) is 0 Å². The zero-order valence-corrected chi connectivity index (χ0v) is 16.2. The molecule has 0 aromatic heterocycles. The summed E-state index contributed by atoms with van der Waals surface area (Å²) in [6, 6.07) is 11.2. The summed E-state index contributed by atoms with van der Waals surface area (Å²) in [7, 11) is 0. The molecule has 2 heterocycles. The standard InChI is InChI=1S/C20H19ClN2O3S/c21-13-2-5-18-15(10-13)17(7-8-27-18)23-20(25)11-26-14-3-4-16-12(9-14)1-6-19(24)22-16/h2-5,9-10,17H,1,6-8,11H2,(H,22,24)(H,23,25)/t17-/m0/s1. The number of thioether (sulfide) groups is 1. The number of fused-ring (bicyclic) bond motifs is 2. The maximum atomic E-state index is 12.4. The Labute approximate surface area is 166 Å². The van der Waals surface area contributed by atoms with Gasteiger partial charge in [0.15, 0.2) is 6.61 Å². The quantitative estimate of drug-likeness (QED) is 0.812. The van der Waals surface area contributed by atoms with Gasteiger partial charge in [-0.05, 0) is 60.4 Å². The zero-order valence-electron chi connectivity index (χ0n) is 14.6. The van der Waals surface area contributed by atoms with Gasteiger partial charge in [0.25, 0.3) is 5.91 Å². The third kappa shape index (κ3) is 4.22. The lowest BCUT2D eigenvalue weighted by Crippen LogP contribution is -2.34. The SMILES string of the molecule is O=C1CCc2cc(OCC(=O)N[C@H]3CCSc4ccc(Cl)cc43)ccc2N1. The van der Waals surface area contributed by atoms with Crippen LogP contribution >= 0.6 is 23.4 Å². The summed E-state index contributed by atoms with van der Waals surface area (Å²) in [4.78, 5) is 25.0. The molecule has 0 radical (unpaired) electrons. The summed E-state index contributed by atoms with van der Waals surface area (Å²) < 4.78 is 5.66. The van der Waals surface area contributed by atoms with Gasteiger partial charge in [0.1, 0.15) is 5.75 Å². The number of hydrogen-bond acceptors (Lipinski definition) is 4. The predicted molar refractivity (Wildman–Crippen MR) is 107 cm³/mol. The maximum absolute atomic E-state index is 12.4.